The van der Waals surface area contributed by atoms with E-state index in [9.17, 15) is 13.2 Å². The quantitative estimate of drug-likeness (QED) is 0.223. The zero-order chi connectivity index (χ0) is 28.5. The predicted octanol–water partition coefficient (Wildman–Crippen LogP) is 4.71. The summed E-state index contributed by atoms with van der Waals surface area (Å²) in [5.74, 6) is -0.0222. The van der Waals surface area contributed by atoms with Crippen molar-refractivity contribution in [2.45, 2.75) is 37.2 Å². The van der Waals surface area contributed by atoms with Crippen LogP contribution in [0.15, 0.2) is 108 Å². The number of hydrogen-bond acceptors (Lipinski definition) is 5. The summed E-state index contributed by atoms with van der Waals surface area (Å²) in [6.45, 7) is 4.84. The minimum absolute atomic E-state index is 0. The van der Waals surface area contributed by atoms with Gasteiger partial charge in [-0.1, -0.05) is 105 Å². The minimum Gasteiger partial charge on any atom is -0.453 e. The summed E-state index contributed by atoms with van der Waals surface area (Å²) in [6, 6.07) is 32.3. The van der Waals surface area contributed by atoms with E-state index in [0.29, 0.717) is 12.8 Å². The number of carbonyl (C=O) groups is 1. The molecule has 5 N–H and O–H groups in total. The fourth-order valence-corrected chi connectivity index (χ4v) is 5.19. The zero-order valence-electron chi connectivity index (χ0n) is 23.9. The fourth-order valence-electron chi connectivity index (χ4n) is 4.67. The highest BCUT2D eigenvalue weighted by atomic mass is 32.2. The first-order valence-corrected chi connectivity index (χ1v) is 14.4. The Hall–Kier alpha value is -3.60. The summed E-state index contributed by atoms with van der Waals surface area (Å²) < 4.78 is 36.7. The van der Waals surface area contributed by atoms with Gasteiger partial charge in [0.25, 0.3) is 10.1 Å². The molecule has 0 aliphatic rings. The van der Waals surface area contributed by atoms with Crippen molar-refractivity contribution < 1.29 is 33.5 Å². The molecule has 41 heavy (non-hydrogen) atoms. The fraction of sp³-hybridized carbons (Fsp3) is 0.281. The normalized spacial score (nSPS) is 13.0. The van der Waals surface area contributed by atoms with Gasteiger partial charge >= 0.3 is 5.97 Å². The highest BCUT2D eigenvalue weighted by molar-refractivity contribution is 7.85. The van der Waals surface area contributed by atoms with Gasteiger partial charge < -0.3 is 20.6 Å². The Balaban J connectivity index is 0.000000447. The lowest BCUT2D eigenvalue weighted by atomic mass is 9.77. The van der Waals surface area contributed by atoms with Gasteiger partial charge in [-0.15, -0.1) is 0 Å². The Kier molecular flexibility index (Phi) is 13.8. The van der Waals surface area contributed by atoms with Crippen LogP contribution in [0.2, 0.25) is 0 Å². The molecule has 0 saturated heterocycles. The number of esters is 1. The third-order valence-corrected chi connectivity index (χ3v) is 7.46. The van der Waals surface area contributed by atoms with E-state index >= 15 is 0 Å². The molecule has 0 aliphatic heterocycles. The van der Waals surface area contributed by atoms with Crippen LogP contribution < -0.4 is 0 Å². The van der Waals surface area contributed by atoms with Gasteiger partial charge in [-0.3, -0.25) is 9.35 Å². The van der Waals surface area contributed by atoms with Crippen LogP contribution in [-0.4, -0.2) is 55.4 Å². The molecule has 0 fully saturated rings. The van der Waals surface area contributed by atoms with Crippen LogP contribution in [0.3, 0.4) is 0 Å². The molecule has 4 aromatic carbocycles. The molecule has 0 aromatic heterocycles. The van der Waals surface area contributed by atoms with Crippen molar-refractivity contribution in [2.75, 3.05) is 20.6 Å². The lowest BCUT2D eigenvalue weighted by Crippen LogP contribution is -2.44. The molecule has 222 valence electrons. The summed E-state index contributed by atoms with van der Waals surface area (Å²) in [7, 11) is 0.00971. The molecule has 2 atom stereocenters. The summed E-state index contributed by atoms with van der Waals surface area (Å²) in [6.07, 6.45) is 1.04. The first-order valence-electron chi connectivity index (χ1n) is 13.0. The highest BCUT2D eigenvalue weighted by Gasteiger charge is 2.42. The average molecular weight is 584 g/mol. The van der Waals surface area contributed by atoms with Crippen LogP contribution in [-0.2, 0) is 31.7 Å². The van der Waals surface area contributed by atoms with Crippen molar-refractivity contribution in [2.24, 2.45) is 5.92 Å². The maximum atomic E-state index is 12.3. The maximum Gasteiger partial charge on any atom is 0.306 e. The molecule has 4 rings (SSSR count). The van der Waals surface area contributed by atoms with Crippen molar-refractivity contribution >= 4 is 26.9 Å². The molecule has 0 spiro atoms. The first kappa shape index (κ1) is 35.4. The second-order valence-electron chi connectivity index (χ2n) is 9.89. The van der Waals surface area contributed by atoms with E-state index in [1.165, 1.54) is 17.7 Å². The number of nitrogens with zero attached hydrogens (tertiary/aromatic N) is 1. The lowest BCUT2D eigenvalue weighted by Gasteiger charge is -2.40. The van der Waals surface area contributed by atoms with Gasteiger partial charge in [0.1, 0.15) is 5.60 Å². The Morgan fingerprint density at radius 2 is 1.39 bits per heavy atom. The van der Waals surface area contributed by atoms with Gasteiger partial charge in [-0.2, -0.15) is 8.42 Å². The van der Waals surface area contributed by atoms with Gasteiger partial charge in [0.2, 0.25) is 0 Å². The van der Waals surface area contributed by atoms with E-state index in [4.69, 9.17) is 9.29 Å². The molecule has 0 aliphatic carbocycles. The number of benzene rings is 4. The van der Waals surface area contributed by atoms with Crippen LogP contribution in [0.1, 0.15) is 31.4 Å². The average Bonchev–Trinajstić information content (AvgIpc) is 2.92. The summed E-state index contributed by atoms with van der Waals surface area (Å²) >= 11 is 0. The van der Waals surface area contributed by atoms with E-state index in [2.05, 4.69) is 50.2 Å². The largest absolute Gasteiger partial charge is 0.453 e. The molecule has 0 amide bonds. The molecule has 0 unspecified atom stereocenters. The molecule has 8 nitrogen and oxygen atoms in total. The molecule has 4 aromatic rings. The smallest absolute Gasteiger partial charge is 0.306 e. The van der Waals surface area contributed by atoms with Crippen molar-refractivity contribution in [3.8, 4) is 0 Å². The Labute approximate surface area is 243 Å². The molecule has 0 radical (unpaired) electrons. The van der Waals surface area contributed by atoms with E-state index < -0.39 is 15.7 Å². The summed E-state index contributed by atoms with van der Waals surface area (Å²) in [5.41, 5.74) is 1.54. The third-order valence-electron chi connectivity index (χ3n) is 6.61. The lowest BCUT2D eigenvalue weighted by molar-refractivity contribution is -0.168. The Bertz CT molecular complexity index is 1460. The molecule has 9 heteroatoms. The van der Waals surface area contributed by atoms with Crippen molar-refractivity contribution in [1.82, 2.24) is 4.90 Å². The van der Waals surface area contributed by atoms with Crippen molar-refractivity contribution in [3.05, 3.63) is 114 Å². The van der Waals surface area contributed by atoms with Gasteiger partial charge in [-0.25, -0.2) is 0 Å². The Morgan fingerprint density at radius 1 is 0.854 bits per heavy atom. The SMILES string of the molecule is CCC(=O)O[C@](Cc1ccccc1)(c1ccccc1)[C@H](C)CN(C)C.O.O.O=S(=O)(O)c1ccc2ccccc2c1. The first-order chi connectivity index (χ1) is 18.5. The number of carbonyl (C=O) groups excluding carboxylic acids is 1. The molecule has 0 saturated carbocycles. The third kappa shape index (κ3) is 9.77. The Morgan fingerprint density at radius 3 is 1.93 bits per heavy atom. The monoisotopic (exact) mass is 583 g/mol. The van der Waals surface area contributed by atoms with Gasteiger partial charge in [-0.05, 0) is 48.1 Å². The van der Waals surface area contributed by atoms with E-state index in [0.717, 1.165) is 22.9 Å². The number of fused-ring (bicyclic) bond motifs is 1. The number of rotatable bonds is 9. The van der Waals surface area contributed by atoms with E-state index in [1.54, 1.807) is 12.1 Å². The number of hydrogen-bond donors (Lipinski definition) is 1. The van der Waals surface area contributed by atoms with Crippen LogP contribution in [0.25, 0.3) is 10.8 Å². The van der Waals surface area contributed by atoms with E-state index in [1.807, 2.05) is 61.5 Å². The predicted molar refractivity (Wildman–Crippen MR) is 163 cm³/mol. The van der Waals surface area contributed by atoms with Gasteiger partial charge in [0, 0.05) is 25.3 Å². The summed E-state index contributed by atoms with van der Waals surface area (Å²) in [5, 5.41) is 1.74. The van der Waals surface area contributed by atoms with Crippen LogP contribution in [0.4, 0.5) is 0 Å². The molecule has 0 bridgehead atoms. The van der Waals surface area contributed by atoms with Crippen LogP contribution >= 0.6 is 0 Å². The maximum absolute atomic E-state index is 12.3. The topological polar surface area (TPSA) is 147 Å². The molecule has 0 heterocycles. The molecular formula is C32H41NO7S. The highest BCUT2D eigenvalue weighted by Crippen LogP contribution is 2.38. The van der Waals surface area contributed by atoms with Gasteiger partial charge in [0.05, 0.1) is 4.90 Å². The zero-order valence-corrected chi connectivity index (χ0v) is 24.8. The second-order valence-corrected chi connectivity index (χ2v) is 11.3. The molecular weight excluding hydrogens is 542 g/mol. The van der Waals surface area contributed by atoms with Crippen LogP contribution in [0, 0.1) is 5.92 Å². The second kappa shape index (κ2) is 16.0. The standard InChI is InChI=1S/C22H29NO2.C10H8O3S.2H2O/c1-5-21(24)25-22(18(2)17-23(3)4,20-14-10-7-11-15-20)16-19-12-8-6-9-13-19;11-14(12,13)10-6-5-8-3-1-2-4-9(8)7-10;;/h6-15,18H,5,16-17H2,1-4H3;1-7H,(H,11,12,13);2*1H2/t18-,22+;;;/m1.../s1. The minimum atomic E-state index is -4.09. The van der Waals surface area contributed by atoms with Crippen LogP contribution in [0.5, 0.6) is 0 Å². The number of ether oxygens (including phenoxy) is 1. The van der Waals surface area contributed by atoms with Gasteiger partial charge in [0.15, 0.2) is 0 Å². The van der Waals surface area contributed by atoms with Crippen molar-refractivity contribution in [3.63, 3.8) is 0 Å². The van der Waals surface area contributed by atoms with Crippen molar-refractivity contribution in [1.29, 1.82) is 0 Å². The summed E-state index contributed by atoms with van der Waals surface area (Å²) in [4.78, 5) is 14.4. The van der Waals surface area contributed by atoms with E-state index in [-0.39, 0.29) is 27.7 Å².